The molecule has 0 saturated heterocycles. The second-order valence-corrected chi connectivity index (χ2v) is 8.62. The molecule has 2 heterocycles. The highest BCUT2D eigenvalue weighted by Crippen LogP contribution is 2.38. The Morgan fingerprint density at radius 3 is 2.55 bits per heavy atom. The average Bonchev–Trinajstić information content (AvgIpc) is 3.18. The number of halogens is 2. The van der Waals surface area contributed by atoms with E-state index in [4.69, 9.17) is 9.47 Å². The highest BCUT2D eigenvalue weighted by Gasteiger charge is 2.28. The van der Waals surface area contributed by atoms with Gasteiger partial charge < -0.3 is 20.1 Å². The molecule has 31 heavy (non-hydrogen) atoms. The molecule has 0 aliphatic carbocycles. The number of thiophene rings is 1. The van der Waals surface area contributed by atoms with Gasteiger partial charge in [0.25, 0.3) is 5.91 Å². The van der Waals surface area contributed by atoms with Crippen molar-refractivity contribution in [3.63, 3.8) is 0 Å². The molecule has 0 bridgehead atoms. The van der Waals surface area contributed by atoms with Gasteiger partial charge in [-0.1, -0.05) is 19.9 Å². The van der Waals surface area contributed by atoms with Crippen molar-refractivity contribution in [3.05, 3.63) is 75.7 Å². The van der Waals surface area contributed by atoms with E-state index in [1.165, 1.54) is 13.2 Å². The Morgan fingerprint density at radius 1 is 1.06 bits per heavy atom. The Morgan fingerprint density at radius 2 is 1.84 bits per heavy atom. The third-order valence-corrected chi connectivity index (χ3v) is 6.40. The van der Waals surface area contributed by atoms with Crippen LogP contribution in [0.5, 0.6) is 11.5 Å². The second kappa shape index (κ2) is 8.55. The molecule has 162 valence electrons. The lowest BCUT2D eigenvalue weighted by Crippen LogP contribution is -2.37. The number of amides is 1. The Kier molecular flexibility index (Phi) is 5.82. The van der Waals surface area contributed by atoms with E-state index in [-0.39, 0.29) is 18.3 Å². The van der Waals surface area contributed by atoms with Crippen LogP contribution in [0, 0.1) is 11.6 Å². The number of hydrogen-bond donors (Lipinski definition) is 2. The van der Waals surface area contributed by atoms with Gasteiger partial charge in [0.1, 0.15) is 29.3 Å². The van der Waals surface area contributed by atoms with E-state index < -0.39 is 17.8 Å². The molecule has 1 amide bonds. The normalized spacial score (nSPS) is 15.3. The van der Waals surface area contributed by atoms with Crippen LogP contribution in [0.3, 0.4) is 0 Å². The molecule has 1 atom stereocenters. The maximum absolute atomic E-state index is 13.9. The minimum absolute atomic E-state index is 0.0159. The Hall–Kier alpha value is -3.13. The number of anilines is 1. The topological polar surface area (TPSA) is 59.6 Å². The number of carbonyl (C=O) groups excluding carboxylic acids is 1. The summed E-state index contributed by atoms with van der Waals surface area (Å²) < 4.78 is 37.9. The minimum Gasteiger partial charge on any atom is -0.496 e. The van der Waals surface area contributed by atoms with Gasteiger partial charge in [0.05, 0.1) is 12.7 Å². The summed E-state index contributed by atoms with van der Waals surface area (Å²) in [5.74, 6) is -0.738. The summed E-state index contributed by atoms with van der Waals surface area (Å²) >= 11 is 1.57. The summed E-state index contributed by atoms with van der Waals surface area (Å²) in [5, 5.41) is 7.18. The van der Waals surface area contributed by atoms with Gasteiger partial charge in [-0.3, -0.25) is 4.79 Å². The lowest BCUT2D eigenvalue weighted by Gasteiger charge is -2.26. The van der Waals surface area contributed by atoms with E-state index in [9.17, 15) is 13.6 Å². The first-order chi connectivity index (χ1) is 14.9. The third-order valence-electron chi connectivity index (χ3n) is 5.03. The molecule has 2 N–H and O–H groups in total. The van der Waals surface area contributed by atoms with Crippen LogP contribution in [0.15, 0.2) is 42.5 Å². The van der Waals surface area contributed by atoms with E-state index in [1.54, 1.807) is 17.4 Å². The van der Waals surface area contributed by atoms with Crippen molar-refractivity contribution in [1.82, 2.24) is 5.32 Å². The number of methoxy groups -OCH3 is 1. The molecule has 4 rings (SSSR count). The standard InChI is InChI=1S/C23H22F2N2O3S/c1-12(2)20-10-16-22(28)26-21(27-23(16)31-20)13-4-6-18(29-3)14(8-13)11-30-19-7-5-15(24)9-17(19)25/h4-10,12,21,27H,11H2,1-3H3,(H,26,28). The maximum atomic E-state index is 13.9. The zero-order valence-electron chi connectivity index (χ0n) is 17.3. The first kappa shape index (κ1) is 21.1. The molecule has 1 unspecified atom stereocenters. The highest BCUT2D eigenvalue weighted by atomic mass is 32.1. The summed E-state index contributed by atoms with van der Waals surface area (Å²) in [6.45, 7) is 4.20. The Balaban J connectivity index is 1.57. The van der Waals surface area contributed by atoms with Crippen LogP contribution in [-0.2, 0) is 6.61 Å². The number of benzene rings is 2. The predicted molar refractivity (Wildman–Crippen MR) is 116 cm³/mol. The monoisotopic (exact) mass is 444 g/mol. The van der Waals surface area contributed by atoms with Crippen molar-refractivity contribution in [2.75, 3.05) is 12.4 Å². The van der Waals surface area contributed by atoms with Gasteiger partial charge in [-0.2, -0.15) is 0 Å². The molecule has 0 fully saturated rings. The van der Waals surface area contributed by atoms with Gasteiger partial charge in [-0.25, -0.2) is 8.78 Å². The molecule has 0 saturated carbocycles. The van der Waals surface area contributed by atoms with E-state index in [0.29, 0.717) is 22.8 Å². The molecule has 0 radical (unpaired) electrons. The van der Waals surface area contributed by atoms with Crippen molar-refractivity contribution in [3.8, 4) is 11.5 Å². The van der Waals surface area contributed by atoms with E-state index >= 15 is 0 Å². The summed E-state index contributed by atoms with van der Waals surface area (Å²) in [4.78, 5) is 13.8. The van der Waals surface area contributed by atoms with Crippen LogP contribution < -0.4 is 20.1 Å². The molecule has 1 aliphatic heterocycles. The molecular weight excluding hydrogens is 422 g/mol. The number of carbonyl (C=O) groups is 1. The first-order valence-electron chi connectivity index (χ1n) is 9.81. The van der Waals surface area contributed by atoms with Gasteiger partial charge >= 0.3 is 0 Å². The second-order valence-electron chi connectivity index (χ2n) is 7.53. The lowest BCUT2D eigenvalue weighted by molar-refractivity contribution is 0.0936. The number of hydrogen-bond acceptors (Lipinski definition) is 5. The van der Waals surface area contributed by atoms with Crippen molar-refractivity contribution in [2.24, 2.45) is 0 Å². The third kappa shape index (κ3) is 4.34. The SMILES string of the molecule is COc1ccc(C2NC(=O)c3cc(C(C)C)sc3N2)cc1COc1ccc(F)cc1F. The lowest BCUT2D eigenvalue weighted by atomic mass is 10.1. The number of fused-ring (bicyclic) bond motifs is 1. The number of ether oxygens (including phenoxy) is 2. The minimum atomic E-state index is -0.775. The van der Waals surface area contributed by atoms with Crippen molar-refractivity contribution in [2.45, 2.75) is 32.5 Å². The quantitative estimate of drug-likeness (QED) is 0.520. The van der Waals surface area contributed by atoms with E-state index in [1.807, 2.05) is 18.2 Å². The van der Waals surface area contributed by atoms with Crippen molar-refractivity contribution in [1.29, 1.82) is 0 Å². The average molecular weight is 445 g/mol. The van der Waals surface area contributed by atoms with Crippen LogP contribution in [-0.4, -0.2) is 13.0 Å². The van der Waals surface area contributed by atoms with Crippen molar-refractivity contribution >= 4 is 22.2 Å². The first-order valence-corrected chi connectivity index (χ1v) is 10.6. The summed E-state index contributed by atoms with van der Waals surface area (Å²) in [6.07, 6.45) is -0.425. The fourth-order valence-electron chi connectivity index (χ4n) is 3.35. The van der Waals surface area contributed by atoms with E-state index in [0.717, 1.165) is 27.6 Å². The molecule has 0 spiro atoms. The fourth-order valence-corrected chi connectivity index (χ4v) is 4.44. The molecule has 2 aromatic carbocycles. The Labute approximate surface area is 183 Å². The van der Waals surface area contributed by atoms with Gasteiger partial charge in [-0.05, 0) is 41.8 Å². The summed E-state index contributed by atoms with van der Waals surface area (Å²) in [7, 11) is 1.53. The molecule has 1 aromatic heterocycles. The molecular formula is C23H22F2N2O3S. The summed E-state index contributed by atoms with van der Waals surface area (Å²) in [6, 6.07) is 10.5. The van der Waals surface area contributed by atoms with Gasteiger partial charge in [0, 0.05) is 16.5 Å². The van der Waals surface area contributed by atoms with Crippen LogP contribution in [0.2, 0.25) is 0 Å². The van der Waals surface area contributed by atoms with Gasteiger partial charge in [0.2, 0.25) is 0 Å². The van der Waals surface area contributed by atoms with Crippen molar-refractivity contribution < 1.29 is 23.0 Å². The fraction of sp³-hybridized carbons (Fsp3) is 0.261. The van der Waals surface area contributed by atoms with Gasteiger partial charge in [-0.15, -0.1) is 11.3 Å². The Bertz CT molecular complexity index is 1130. The maximum Gasteiger partial charge on any atom is 0.256 e. The van der Waals surface area contributed by atoms with Crippen LogP contribution in [0.1, 0.15) is 52.3 Å². The largest absolute Gasteiger partial charge is 0.496 e. The number of rotatable bonds is 6. The van der Waals surface area contributed by atoms with Crippen LogP contribution in [0.25, 0.3) is 0 Å². The molecule has 3 aromatic rings. The number of nitrogens with one attached hydrogen (secondary N) is 2. The molecule has 8 heteroatoms. The summed E-state index contributed by atoms with van der Waals surface area (Å²) in [5.41, 5.74) is 2.12. The van der Waals surface area contributed by atoms with Crippen LogP contribution in [0.4, 0.5) is 13.8 Å². The van der Waals surface area contributed by atoms with E-state index in [2.05, 4.69) is 24.5 Å². The zero-order chi connectivity index (χ0) is 22.1. The molecule has 1 aliphatic rings. The van der Waals surface area contributed by atoms with Gasteiger partial charge in [0.15, 0.2) is 11.6 Å². The predicted octanol–water partition coefficient (Wildman–Crippen LogP) is 5.59. The highest BCUT2D eigenvalue weighted by molar-refractivity contribution is 7.16. The molecule has 5 nitrogen and oxygen atoms in total. The smallest absolute Gasteiger partial charge is 0.256 e. The zero-order valence-corrected chi connectivity index (χ0v) is 18.1. The van der Waals surface area contributed by atoms with Crippen LogP contribution >= 0.6 is 11.3 Å².